The van der Waals surface area contributed by atoms with E-state index in [9.17, 15) is 0 Å². The Kier molecular flexibility index (Phi) is 6.24. The third-order valence-electron chi connectivity index (χ3n) is 2.43. The van der Waals surface area contributed by atoms with E-state index < -0.39 is 0 Å². The topological polar surface area (TPSA) is 22.1 Å². The van der Waals surface area contributed by atoms with Crippen LogP contribution in [-0.4, -0.2) is 17.0 Å². The number of ether oxygens (including phenoxy) is 1. The van der Waals surface area contributed by atoms with E-state index >= 15 is 0 Å². The summed E-state index contributed by atoms with van der Waals surface area (Å²) in [5, 5.41) is 0.264. The molecule has 2 nitrogen and oxygen atoms in total. The summed E-state index contributed by atoms with van der Waals surface area (Å²) in [5.74, 6) is 0.863. The minimum atomic E-state index is 0.264. The number of hydrogen-bond donors (Lipinski definition) is 0. The van der Waals surface area contributed by atoms with Crippen molar-refractivity contribution in [2.45, 2.75) is 44.9 Å². The van der Waals surface area contributed by atoms with E-state index in [1.54, 1.807) is 6.20 Å². The Labute approximate surface area is 103 Å². The van der Waals surface area contributed by atoms with Crippen LogP contribution < -0.4 is 4.74 Å². The number of aryl methyl sites for hydroxylation is 1. The van der Waals surface area contributed by atoms with E-state index in [2.05, 4.69) is 24.9 Å². The fourth-order valence-electron chi connectivity index (χ4n) is 1.43. The maximum absolute atomic E-state index is 6.09. The summed E-state index contributed by atoms with van der Waals surface area (Å²) in [6.07, 6.45) is 7.65. The molecule has 0 aliphatic carbocycles. The third-order valence-corrected chi connectivity index (χ3v) is 2.96. The molecule has 3 heteroatoms. The van der Waals surface area contributed by atoms with Crippen molar-refractivity contribution in [2.75, 3.05) is 6.61 Å². The Morgan fingerprint density at radius 2 is 2.19 bits per heavy atom. The molecule has 0 N–H and O–H groups in total. The summed E-state index contributed by atoms with van der Waals surface area (Å²) < 4.78 is 5.53. The first-order valence-electron chi connectivity index (χ1n) is 5.97. The first kappa shape index (κ1) is 13.3. The molecule has 0 saturated heterocycles. The normalized spacial score (nSPS) is 12.4. The quantitative estimate of drug-likeness (QED) is 0.677. The predicted molar refractivity (Wildman–Crippen MR) is 68.3 cm³/mol. The molecule has 0 aliphatic rings. The van der Waals surface area contributed by atoms with Crippen LogP contribution in [0.4, 0.5) is 0 Å². The monoisotopic (exact) mass is 241 g/mol. The first-order chi connectivity index (χ1) is 7.76. The summed E-state index contributed by atoms with van der Waals surface area (Å²) in [5.41, 5.74) is 1.20. The molecule has 1 rings (SSSR count). The molecule has 90 valence electrons. The molecular weight excluding hydrogens is 222 g/mol. The van der Waals surface area contributed by atoms with Crippen molar-refractivity contribution in [3.05, 3.63) is 24.0 Å². The number of hydrogen-bond acceptors (Lipinski definition) is 2. The molecule has 0 amide bonds. The van der Waals surface area contributed by atoms with Crippen molar-refractivity contribution < 1.29 is 4.74 Å². The number of nitrogens with zero attached hydrogens (tertiary/aromatic N) is 1. The number of pyridine rings is 1. The highest BCUT2D eigenvalue weighted by Crippen LogP contribution is 2.16. The van der Waals surface area contributed by atoms with Crippen LogP contribution in [-0.2, 0) is 6.42 Å². The van der Waals surface area contributed by atoms with Crippen LogP contribution in [0.25, 0.3) is 0 Å². The molecule has 0 radical (unpaired) electrons. The fraction of sp³-hybridized carbons (Fsp3) is 0.615. The summed E-state index contributed by atoms with van der Waals surface area (Å²) >= 11 is 6.09. The van der Waals surface area contributed by atoms with Crippen molar-refractivity contribution in [2.24, 2.45) is 0 Å². The van der Waals surface area contributed by atoms with Crippen LogP contribution >= 0.6 is 11.6 Å². The van der Waals surface area contributed by atoms with Gasteiger partial charge < -0.3 is 4.74 Å². The van der Waals surface area contributed by atoms with Gasteiger partial charge in [-0.15, -0.1) is 11.6 Å². The Balaban J connectivity index is 2.46. The third kappa shape index (κ3) is 4.84. The predicted octanol–water partition coefficient (Wildman–Crippen LogP) is 3.82. The van der Waals surface area contributed by atoms with E-state index in [1.807, 2.05) is 6.20 Å². The van der Waals surface area contributed by atoms with Crippen molar-refractivity contribution in [3.8, 4) is 5.75 Å². The van der Waals surface area contributed by atoms with Gasteiger partial charge in [-0.3, -0.25) is 4.98 Å². The van der Waals surface area contributed by atoms with Crippen LogP contribution in [0.15, 0.2) is 18.5 Å². The van der Waals surface area contributed by atoms with Gasteiger partial charge in [0, 0.05) is 11.6 Å². The van der Waals surface area contributed by atoms with E-state index in [0.717, 1.165) is 38.0 Å². The average Bonchev–Trinajstić information content (AvgIpc) is 2.34. The number of rotatable bonds is 7. The van der Waals surface area contributed by atoms with Crippen molar-refractivity contribution in [1.29, 1.82) is 0 Å². The lowest BCUT2D eigenvalue weighted by atomic mass is 10.1. The van der Waals surface area contributed by atoms with Crippen LogP contribution in [0, 0.1) is 0 Å². The molecule has 16 heavy (non-hydrogen) atoms. The summed E-state index contributed by atoms with van der Waals surface area (Å²) in [7, 11) is 0. The minimum absolute atomic E-state index is 0.264. The van der Waals surface area contributed by atoms with Crippen molar-refractivity contribution in [3.63, 3.8) is 0 Å². The second kappa shape index (κ2) is 7.50. The van der Waals surface area contributed by atoms with Crippen LogP contribution in [0.3, 0.4) is 0 Å². The first-order valence-corrected chi connectivity index (χ1v) is 6.40. The molecule has 1 aromatic rings. The zero-order valence-corrected chi connectivity index (χ0v) is 10.8. The van der Waals surface area contributed by atoms with Gasteiger partial charge in [-0.2, -0.15) is 0 Å². The maximum Gasteiger partial charge on any atom is 0.137 e. The summed E-state index contributed by atoms with van der Waals surface area (Å²) in [6, 6.07) is 2.06. The highest BCUT2D eigenvalue weighted by atomic mass is 35.5. The Hall–Kier alpha value is -0.760. The lowest BCUT2D eigenvalue weighted by Gasteiger charge is -2.08. The molecule has 1 heterocycles. The zero-order chi connectivity index (χ0) is 11.8. The second-order valence-corrected chi connectivity index (χ2v) is 4.54. The van der Waals surface area contributed by atoms with Crippen LogP contribution in [0.1, 0.15) is 38.7 Å². The van der Waals surface area contributed by atoms with Gasteiger partial charge in [-0.25, -0.2) is 0 Å². The van der Waals surface area contributed by atoms with Gasteiger partial charge in [0.05, 0.1) is 12.8 Å². The number of aromatic nitrogens is 1. The van der Waals surface area contributed by atoms with Gasteiger partial charge in [0.1, 0.15) is 5.75 Å². The molecule has 1 aromatic heterocycles. The van der Waals surface area contributed by atoms with Gasteiger partial charge in [-0.05, 0) is 37.3 Å². The molecule has 0 aromatic carbocycles. The molecular formula is C13H20ClNO. The smallest absolute Gasteiger partial charge is 0.137 e. The molecule has 1 unspecified atom stereocenters. The van der Waals surface area contributed by atoms with Crippen molar-refractivity contribution >= 4 is 11.6 Å². The highest BCUT2D eigenvalue weighted by molar-refractivity contribution is 6.20. The molecule has 1 atom stereocenters. The molecule has 0 fully saturated rings. The van der Waals surface area contributed by atoms with Crippen LogP contribution in [0.2, 0.25) is 0 Å². The van der Waals surface area contributed by atoms with Gasteiger partial charge >= 0.3 is 0 Å². The lowest BCUT2D eigenvalue weighted by molar-refractivity contribution is 0.316. The standard InChI is InChI=1S/C13H20ClNO/c1-3-7-16-13-8-11(9-15-10-13)5-6-12(14)4-2/h8-10,12H,3-7H2,1-2H3. The van der Waals surface area contributed by atoms with Gasteiger partial charge in [0.15, 0.2) is 0 Å². The molecule has 0 bridgehead atoms. The Bertz CT molecular complexity index is 304. The fourth-order valence-corrected chi connectivity index (χ4v) is 1.54. The van der Waals surface area contributed by atoms with E-state index in [-0.39, 0.29) is 5.38 Å². The maximum atomic E-state index is 6.09. The minimum Gasteiger partial charge on any atom is -0.492 e. The van der Waals surface area contributed by atoms with Gasteiger partial charge in [-0.1, -0.05) is 13.8 Å². The summed E-state index contributed by atoms with van der Waals surface area (Å²) in [6.45, 7) is 4.95. The van der Waals surface area contributed by atoms with E-state index in [1.165, 1.54) is 5.56 Å². The number of alkyl halides is 1. The molecule has 0 spiro atoms. The SMILES string of the molecule is CCCOc1cncc(CCC(Cl)CC)c1. The number of halogens is 1. The molecule has 0 saturated carbocycles. The Morgan fingerprint density at radius 3 is 2.88 bits per heavy atom. The molecule has 0 aliphatic heterocycles. The van der Waals surface area contributed by atoms with E-state index in [0.29, 0.717) is 0 Å². The van der Waals surface area contributed by atoms with Crippen molar-refractivity contribution in [1.82, 2.24) is 4.98 Å². The average molecular weight is 242 g/mol. The zero-order valence-electron chi connectivity index (χ0n) is 10.1. The van der Waals surface area contributed by atoms with Crippen LogP contribution in [0.5, 0.6) is 5.75 Å². The van der Waals surface area contributed by atoms with Gasteiger partial charge in [0.2, 0.25) is 0 Å². The van der Waals surface area contributed by atoms with E-state index in [4.69, 9.17) is 16.3 Å². The largest absolute Gasteiger partial charge is 0.492 e. The summed E-state index contributed by atoms with van der Waals surface area (Å²) in [4.78, 5) is 4.17. The van der Waals surface area contributed by atoms with Gasteiger partial charge in [0.25, 0.3) is 0 Å². The Morgan fingerprint density at radius 1 is 1.38 bits per heavy atom. The highest BCUT2D eigenvalue weighted by Gasteiger charge is 2.03. The second-order valence-electron chi connectivity index (χ2n) is 3.92. The lowest BCUT2D eigenvalue weighted by Crippen LogP contribution is -2.00.